The summed E-state index contributed by atoms with van der Waals surface area (Å²) in [6.07, 6.45) is 5.72. The Balaban J connectivity index is 1.70. The standard InChI is InChI=1S/C18H25ClN4O3/c1-12(24)21-16-8-7-14(11-15(16)19)22-17(25)9-10-20-18(26)23-13-5-3-2-4-6-13/h7-8,11,13H,2-6,9-10H2,1H3,(H,21,24)(H,22,25)(H2,20,23,26). The van der Waals surface area contributed by atoms with E-state index in [0.29, 0.717) is 16.4 Å². The SMILES string of the molecule is CC(=O)Nc1ccc(NC(=O)CCNC(=O)NC2CCCCC2)cc1Cl. The van der Waals surface area contributed by atoms with E-state index < -0.39 is 0 Å². The molecule has 0 bridgehead atoms. The minimum Gasteiger partial charge on any atom is -0.338 e. The second kappa shape index (κ2) is 10.0. The molecule has 0 radical (unpaired) electrons. The molecule has 0 aromatic heterocycles. The van der Waals surface area contributed by atoms with Gasteiger partial charge < -0.3 is 21.3 Å². The van der Waals surface area contributed by atoms with Gasteiger partial charge in [-0.1, -0.05) is 30.9 Å². The molecule has 7 nitrogen and oxygen atoms in total. The van der Waals surface area contributed by atoms with E-state index in [-0.39, 0.29) is 36.9 Å². The third kappa shape index (κ3) is 6.92. The Morgan fingerprint density at radius 1 is 1.12 bits per heavy atom. The van der Waals surface area contributed by atoms with Crippen LogP contribution in [0.2, 0.25) is 5.02 Å². The van der Waals surface area contributed by atoms with Crippen LogP contribution in [0.15, 0.2) is 18.2 Å². The molecule has 0 aliphatic heterocycles. The maximum Gasteiger partial charge on any atom is 0.315 e. The number of hydrogen-bond donors (Lipinski definition) is 4. The van der Waals surface area contributed by atoms with Gasteiger partial charge >= 0.3 is 6.03 Å². The largest absolute Gasteiger partial charge is 0.338 e. The van der Waals surface area contributed by atoms with Crippen molar-refractivity contribution in [1.29, 1.82) is 0 Å². The Morgan fingerprint density at radius 3 is 2.50 bits per heavy atom. The summed E-state index contributed by atoms with van der Waals surface area (Å²) in [4.78, 5) is 34.8. The molecular formula is C18H25ClN4O3. The molecule has 1 fully saturated rings. The molecule has 1 aliphatic carbocycles. The zero-order valence-electron chi connectivity index (χ0n) is 14.9. The number of carbonyl (C=O) groups is 3. The van der Waals surface area contributed by atoms with Crippen LogP contribution in [0.1, 0.15) is 45.4 Å². The van der Waals surface area contributed by atoms with Crippen molar-refractivity contribution in [3.63, 3.8) is 0 Å². The van der Waals surface area contributed by atoms with Gasteiger partial charge in [-0.05, 0) is 31.0 Å². The second-order valence-corrected chi connectivity index (χ2v) is 6.82. The van der Waals surface area contributed by atoms with Crippen molar-refractivity contribution in [3.05, 3.63) is 23.2 Å². The molecule has 0 spiro atoms. The van der Waals surface area contributed by atoms with E-state index in [1.807, 2.05) is 0 Å². The fourth-order valence-electron chi connectivity index (χ4n) is 2.88. The summed E-state index contributed by atoms with van der Waals surface area (Å²) in [5, 5.41) is 11.3. The highest BCUT2D eigenvalue weighted by atomic mass is 35.5. The Bertz CT molecular complexity index is 660. The van der Waals surface area contributed by atoms with Crippen LogP contribution < -0.4 is 21.3 Å². The van der Waals surface area contributed by atoms with E-state index in [4.69, 9.17) is 11.6 Å². The molecule has 0 heterocycles. The number of hydrogen-bond acceptors (Lipinski definition) is 3. The summed E-state index contributed by atoms with van der Waals surface area (Å²) in [7, 11) is 0. The lowest BCUT2D eigenvalue weighted by Gasteiger charge is -2.22. The zero-order valence-corrected chi connectivity index (χ0v) is 15.6. The molecule has 0 saturated heterocycles. The minimum absolute atomic E-state index is 0.156. The molecule has 0 unspecified atom stereocenters. The van der Waals surface area contributed by atoms with Crippen molar-refractivity contribution in [2.24, 2.45) is 0 Å². The number of anilines is 2. The maximum atomic E-state index is 12.0. The van der Waals surface area contributed by atoms with Crippen LogP contribution in [-0.4, -0.2) is 30.4 Å². The fraction of sp³-hybridized carbons (Fsp3) is 0.500. The van der Waals surface area contributed by atoms with Gasteiger partial charge in [0.15, 0.2) is 0 Å². The monoisotopic (exact) mass is 380 g/mol. The first kappa shape index (κ1) is 20.0. The van der Waals surface area contributed by atoms with E-state index in [1.54, 1.807) is 18.2 Å². The van der Waals surface area contributed by atoms with Gasteiger partial charge in [0.25, 0.3) is 0 Å². The summed E-state index contributed by atoms with van der Waals surface area (Å²) in [6.45, 7) is 1.64. The summed E-state index contributed by atoms with van der Waals surface area (Å²) < 4.78 is 0. The summed E-state index contributed by atoms with van der Waals surface area (Å²) in [5.41, 5.74) is 1.01. The smallest absolute Gasteiger partial charge is 0.315 e. The van der Waals surface area contributed by atoms with Gasteiger partial charge in [0.2, 0.25) is 11.8 Å². The van der Waals surface area contributed by atoms with Crippen molar-refractivity contribution in [2.45, 2.75) is 51.5 Å². The predicted octanol–water partition coefficient (Wildman–Crippen LogP) is 3.26. The average molecular weight is 381 g/mol. The highest BCUT2D eigenvalue weighted by Crippen LogP contribution is 2.25. The molecule has 1 saturated carbocycles. The van der Waals surface area contributed by atoms with Gasteiger partial charge in [-0.25, -0.2) is 4.79 Å². The lowest BCUT2D eigenvalue weighted by molar-refractivity contribution is -0.116. The normalized spacial score (nSPS) is 14.4. The number of halogens is 1. The van der Waals surface area contributed by atoms with Crippen molar-refractivity contribution in [2.75, 3.05) is 17.2 Å². The van der Waals surface area contributed by atoms with E-state index in [0.717, 1.165) is 25.7 Å². The maximum absolute atomic E-state index is 12.0. The Morgan fingerprint density at radius 2 is 1.85 bits per heavy atom. The van der Waals surface area contributed by atoms with E-state index in [2.05, 4.69) is 21.3 Å². The first-order valence-corrected chi connectivity index (χ1v) is 9.23. The van der Waals surface area contributed by atoms with Crippen LogP contribution in [0.3, 0.4) is 0 Å². The van der Waals surface area contributed by atoms with Gasteiger partial charge in [-0.3, -0.25) is 9.59 Å². The van der Waals surface area contributed by atoms with Gasteiger partial charge in [-0.15, -0.1) is 0 Å². The van der Waals surface area contributed by atoms with Crippen molar-refractivity contribution >= 4 is 40.8 Å². The summed E-state index contributed by atoms with van der Waals surface area (Å²) >= 11 is 6.06. The highest BCUT2D eigenvalue weighted by molar-refractivity contribution is 6.34. The number of nitrogens with one attached hydrogen (secondary N) is 4. The average Bonchev–Trinajstić information content (AvgIpc) is 2.58. The highest BCUT2D eigenvalue weighted by Gasteiger charge is 2.15. The van der Waals surface area contributed by atoms with E-state index in [9.17, 15) is 14.4 Å². The summed E-state index contributed by atoms with van der Waals surface area (Å²) in [5.74, 6) is -0.451. The van der Waals surface area contributed by atoms with Crippen LogP contribution >= 0.6 is 11.6 Å². The quantitative estimate of drug-likeness (QED) is 0.609. The van der Waals surface area contributed by atoms with Crippen molar-refractivity contribution in [1.82, 2.24) is 10.6 Å². The van der Waals surface area contributed by atoms with Gasteiger partial charge in [0.1, 0.15) is 0 Å². The topological polar surface area (TPSA) is 99.3 Å². The molecule has 142 valence electrons. The lowest BCUT2D eigenvalue weighted by atomic mass is 9.96. The fourth-order valence-corrected chi connectivity index (χ4v) is 3.11. The van der Waals surface area contributed by atoms with E-state index in [1.165, 1.54) is 13.3 Å². The number of amides is 4. The van der Waals surface area contributed by atoms with E-state index >= 15 is 0 Å². The second-order valence-electron chi connectivity index (χ2n) is 6.41. The lowest BCUT2D eigenvalue weighted by Crippen LogP contribution is -2.43. The molecule has 4 N–H and O–H groups in total. The van der Waals surface area contributed by atoms with Crippen LogP contribution in [0.25, 0.3) is 0 Å². The van der Waals surface area contributed by atoms with Crippen LogP contribution in [-0.2, 0) is 9.59 Å². The molecular weight excluding hydrogens is 356 g/mol. The van der Waals surface area contributed by atoms with Crippen LogP contribution in [0.5, 0.6) is 0 Å². The first-order valence-electron chi connectivity index (χ1n) is 8.85. The molecule has 0 atom stereocenters. The summed E-state index contributed by atoms with van der Waals surface area (Å²) in [6, 6.07) is 4.84. The molecule has 8 heteroatoms. The molecule has 4 amide bonds. The van der Waals surface area contributed by atoms with Gasteiger partial charge in [0.05, 0.1) is 10.7 Å². The molecule has 2 rings (SSSR count). The molecule has 26 heavy (non-hydrogen) atoms. The Hall–Kier alpha value is -2.28. The number of carbonyl (C=O) groups excluding carboxylic acids is 3. The van der Waals surface area contributed by atoms with Crippen molar-refractivity contribution in [3.8, 4) is 0 Å². The van der Waals surface area contributed by atoms with Gasteiger partial charge in [-0.2, -0.15) is 0 Å². The first-order chi connectivity index (χ1) is 12.4. The van der Waals surface area contributed by atoms with Crippen LogP contribution in [0.4, 0.5) is 16.2 Å². The predicted molar refractivity (Wildman–Crippen MR) is 102 cm³/mol. The molecule has 1 aliphatic rings. The van der Waals surface area contributed by atoms with Crippen molar-refractivity contribution < 1.29 is 14.4 Å². The molecule has 1 aromatic rings. The third-order valence-corrected chi connectivity index (χ3v) is 4.45. The number of rotatable bonds is 6. The Kier molecular flexibility index (Phi) is 7.72. The van der Waals surface area contributed by atoms with Gasteiger partial charge in [0, 0.05) is 31.6 Å². The molecule has 1 aromatic carbocycles. The minimum atomic E-state index is -0.230. The zero-order chi connectivity index (χ0) is 18.9. The number of benzene rings is 1. The third-order valence-electron chi connectivity index (χ3n) is 4.14. The number of urea groups is 1. The Labute approximate surface area is 158 Å². The van der Waals surface area contributed by atoms with Crippen LogP contribution in [0, 0.1) is 0 Å².